The van der Waals surface area contributed by atoms with Crippen molar-refractivity contribution in [1.29, 1.82) is 0 Å². The Morgan fingerprint density at radius 3 is 2.72 bits per heavy atom. The maximum Gasteiger partial charge on any atom is 0.410 e. The number of hydrogen-bond donors (Lipinski definition) is 0. The van der Waals surface area contributed by atoms with E-state index in [4.69, 9.17) is 9.72 Å². The fraction of sp³-hybridized carbons (Fsp3) is 0.632. The highest BCUT2D eigenvalue weighted by Crippen LogP contribution is 2.29. The van der Waals surface area contributed by atoms with Gasteiger partial charge in [0.15, 0.2) is 5.65 Å². The number of amides is 1. The summed E-state index contributed by atoms with van der Waals surface area (Å²) in [5.74, 6) is 0.252. The minimum atomic E-state index is -0.463. The number of likely N-dealkylation sites (tertiary alicyclic amines) is 1. The minimum Gasteiger partial charge on any atom is -0.444 e. The molecule has 1 atom stereocenters. The van der Waals surface area contributed by atoms with Crippen LogP contribution in [-0.2, 0) is 17.6 Å². The van der Waals surface area contributed by atoms with Gasteiger partial charge in [-0.05, 0) is 46.1 Å². The van der Waals surface area contributed by atoms with Crippen LogP contribution in [0.4, 0.5) is 4.79 Å². The molecule has 1 aliphatic rings. The van der Waals surface area contributed by atoms with Crippen LogP contribution in [0.2, 0.25) is 0 Å². The molecule has 0 radical (unpaired) electrons. The van der Waals surface area contributed by atoms with Crippen molar-refractivity contribution in [2.24, 2.45) is 0 Å². The Morgan fingerprint density at radius 1 is 1.32 bits per heavy atom. The molecule has 0 aromatic carbocycles. The van der Waals surface area contributed by atoms with Crippen LogP contribution in [0.3, 0.4) is 0 Å². The predicted octanol–water partition coefficient (Wildman–Crippen LogP) is 3.58. The van der Waals surface area contributed by atoms with Gasteiger partial charge in [0.25, 0.3) is 0 Å². The second kappa shape index (κ2) is 6.65. The van der Waals surface area contributed by atoms with E-state index < -0.39 is 5.60 Å². The van der Waals surface area contributed by atoms with E-state index in [-0.39, 0.29) is 12.0 Å². The van der Waals surface area contributed by atoms with Gasteiger partial charge in [-0.3, -0.25) is 0 Å². The zero-order valence-corrected chi connectivity index (χ0v) is 15.9. The third kappa shape index (κ3) is 3.62. The van der Waals surface area contributed by atoms with E-state index in [1.165, 1.54) is 5.56 Å². The summed E-state index contributed by atoms with van der Waals surface area (Å²) in [6.45, 7) is 11.3. The Labute approximate surface area is 149 Å². The second-order valence-electron chi connectivity index (χ2n) is 7.70. The number of hydrogen-bond acceptors (Lipinski definition) is 4. The molecule has 1 fully saturated rings. The van der Waals surface area contributed by atoms with Crippen molar-refractivity contribution in [3.8, 4) is 0 Å². The molecule has 1 saturated heterocycles. The summed E-state index contributed by atoms with van der Waals surface area (Å²) in [5.41, 5.74) is 3.88. The predicted molar refractivity (Wildman–Crippen MR) is 96.9 cm³/mol. The maximum absolute atomic E-state index is 12.3. The quantitative estimate of drug-likeness (QED) is 0.854. The Kier molecular flexibility index (Phi) is 4.71. The van der Waals surface area contributed by atoms with Crippen LogP contribution in [0.15, 0.2) is 12.3 Å². The number of carbonyl (C=O) groups excluding carboxylic acids is 1. The number of rotatable bonds is 3. The van der Waals surface area contributed by atoms with Crippen molar-refractivity contribution in [2.75, 3.05) is 13.1 Å². The molecule has 1 amide bonds. The van der Waals surface area contributed by atoms with Crippen molar-refractivity contribution >= 4 is 11.7 Å². The summed E-state index contributed by atoms with van der Waals surface area (Å²) in [5, 5.41) is 4.48. The number of aromatic nitrogens is 3. The average Bonchev–Trinajstić information content (AvgIpc) is 3.19. The van der Waals surface area contributed by atoms with Gasteiger partial charge in [-0.1, -0.05) is 13.8 Å². The molecule has 0 aliphatic carbocycles. The molecular weight excluding hydrogens is 316 g/mol. The first kappa shape index (κ1) is 17.7. The summed E-state index contributed by atoms with van der Waals surface area (Å²) >= 11 is 0. The summed E-state index contributed by atoms with van der Waals surface area (Å²) in [7, 11) is 0. The normalized spacial score (nSPS) is 18.1. The fourth-order valence-electron chi connectivity index (χ4n) is 3.30. The molecule has 1 aliphatic heterocycles. The van der Waals surface area contributed by atoms with Gasteiger partial charge in [0.2, 0.25) is 0 Å². The third-order valence-corrected chi connectivity index (χ3v) is 4.64. The number of ether oxygens (including phenoxy) is 1. The summed E-state index contributed by atoms with van der Waals surface area (Å²) in [6, 6.07) is 2.14. The molecule has 25 heavy (non-hydrogen) atoms. The Morgan fingerprint density at radius 2 is 2.08 bits per heavy atom. The van der Waals surface area contributed by atoms with Crippen molar-refractivity contribution < 1.29 is 9.53 Å². The van der Waals surface area contributed by atoms with Gasteiger partial charge in [0.1, 0.15) is 5.60 Å². The van der Waals surface area contributed by atoms with Crippen LogP contribution < -0.4 is 0 Å². The van der Waals surface area contributed by atoms with Gasteiger partial charge in [0, 0.05) is 36.0 Å². The lowest BCUT2D eigenvalue weighted by Gasteiger charge is -2.24. The number of aryl methyl sites for hydroxylation is 2. The second-order valence-corrected chi connectivity index (χ2v) is 7.70. The molecule has 3 heterocycles. The molecule has 136 valence electrons. The molecular formula is C19H28N4O2. The summed E-state index contributed by atoms with van der Waals surface area (Å²) in [6.07, 6.45) is 4.41. The molecule has 0 bridgehead atoms. The molecule has 0 saturated carbocycles. The van der Waals surface area contributed by atoms with E-state index in [9.17, 15) is 4.79 Å². The van der Waals surface area contributed by atoms with Crippen LogP contribution in [-0.4, -0.2) is 44.3 Å². The minimum absolute atomic E-state index is 0.231. The van der Waals surface area contributed by atoms with Crippen LogP contribution in [0.1, 0.15) is 63.9 Å². The summed E-state index contributed by atoms with van der Waals surface area (Å²) in [4.78, 5) is 19.0. The van der Waals surface area contributed by atoms with Gasteiger partial charge in [-0.2, -0.15) is 5.10 Å². The molecule has 1 unspecified atom stereocenters. The smallest absolute Gasteiger partial charge is 0.410 e. The van der Waals surface area contributed by atoms with Crippen LogP contribution in [0.25, 0.3) is 5.65 Å². The van der Waals surface area contributed by atoms with Crippen LogP contribution in [0, 0.1) is 0 Å². The van der Waals surface area contributed by atoms with Crippen LogP contribution >= 0.6 is 0 Å². The molecule has 0 N–H and O–H groups in total. The number of carbonyl (C=O) groups is 1. The lowest BCUT2D eigenvalue weighted by Crippen LogP contribution is -2.35. The average molecular weight is 344 g/mol. The standard InChI is InChI=1S/C19H28N4O2/c1-6-13-11-20-23-15(7-2)10-16(21-17(13)23)14-8-9-22(12-14)18(24)25-19(3,4)5/h10-11,14H,6-9,12H2,1-5H3. The van der Waals surface area contributed by atoms with Gasteiger partial charge < -0.3 is 9.64 Å². The van der Waals surface area contributed by atoms with Gasteiger partial charge >= 0.3 is 6.09 Å². The van der Waals surface area contributed by atoms with Gasteiger partial charge in [-0.15, -0.1) is 0 Å². The van der Waals surface area contributed by atoms with Crippen molar-refractivity contribution in [3.05, 3.63) is 29.2 Å². The maximum atomic E-state index is 12.3. The van der Waals surface area contributed by atoms with Gasteiger partial charge in [-0.25, -0.2) is 14.3 Å². The highest BCUT2D eigenvalue weighted by atomic mass is 16.6. The Hall–Kier alpha value is -2.11. The Bertz CT molecular complexity index is 776. The fourth-order valence-corrected chi connectivity index (χ4v) is 3.30. The molecule has 2 aromatic rings. The first-order valence-electron chi connectivity index (χ1n) is 9.16. The lowest BCUT2D eigenvalue weighted by atomic mass is 10.0. The molecule has 6 nitrogen and oxygen atoms in total. The van der Waals surface area contributed by atoms with E-state index in [2.05, 4.69) is 25.0 Å². The molecule has 0 spiro atoms. The molecule has 3 rings (SSSR count). The van der Waals surface area contributed by atoms with E-state index in [1.54, 1.807) is 4.90 Å². The largest absolute Gasteiger partial charge is 0.444 e. The number of nitrogens with zero attached hydrogens (tertiary/aromatic N) is 4. The topological polar surface area (TPSA) is 59.7 Å². The number of fused-ring (bicyclic) bond motifs is 1. The van der Waals surface area contributed by atoms with Gasteiger partial charge in [0.05, 0.1) is 6.20 Å². The first-order chi connectivity index (χ1) is 11.8. The third-order valence-electron chi connectivity index (χ3n) is 4.64. The van der Waals surface area contributed by atoms with E-state index in [0.717, 1.165) is 36.3 Å². The molecule has 2 aromatic heterocycles. The van der Waals surface area contributed by atoms with E-state index in [1.807, 2.05) is 31.5 Å². The van der Waals surface area contributed by atoms with Crippen LogP contribution in [0.5, 0.6) is 0 Å². The first-order valence-corrected chi connectivity index (χ1v) is 9.16. The Balaban J connectivity index is 1.84. The SMILES string of the molecule is CCc1cnn2c(CC)cc(C3CCN(C(=O)OC(C)(C)C)C3)nc12. The van der Waals surface area contributed by atoms with Crippen molar-refractivity contribution in [2.45, 2.75) is 65.4 Å². The lowest BCUT2D eigenvalue weighted by molar-refractivity contribution is 0.0292. The zero-order valence-electron chi connectivity index (χ0n) is 15.9. The van der Waals surface area contributed by atoms with Crippen molar-refractivity contribution in [3.63, 3.8) is 0 Å². The summed E-state index contributed by atoms with van der Waals surface area (Å²) < 4.78 is 7.44. The molecule has 6 heteroatoms. The highest BCUT2D eigenvalue weighted by Gasteiger charge is 2.31. The van der Waals surface area contributed by atoms with Crippen molar-refractivity contribution in [1.82, 2.24) is 19.5 Å². The highest BCUT2D eigenvalue weighted by molar-refractivity contribution is 5.68. The van der Waals surface area contributed by atoms with E-state index >= 15 is 0 Å². The monoisotopic (exact) mass is 344 g/mol. The zero-order chi connectivity index (χ0) is 18.2. The van der Waals surface area contributed by atoms with E-state index in [0.29, 0.717) is 13.1 Å².